The largest absolute Gasteiger partial charge is 0.490 e. The molecule has 1 aromatic heterocycles. The Hall–Kier alpha value is -2.17. The Balaban J connectivity index is 0.00000364. The summed E-state index contributed by atoms with van der Waals surface area (Å²) in [6.07, 6.45) is 3.31. The number of guanidine groups is 1. The van der Waals surface area contributed by atoms with Crippen LogP contribution in [0.1, 0.15) is 11.1 Å². The average molecular weight is 492 g/mol. The topological polar surface area (TPSA) is 67.8 Å². The average Bonchev–Trinajstić information content (AvgIpc) is 2.63. The number of ether oxygens (including phenoxy) is 2. The molecule has 6 nitrogen and oxygen atoms in total. The minimum atomic E-state index is -2.86. The Morgan fingerprint density at radius 3 is 2.74 bits per heavy atom. The quantitative estimate of drug-likeness (QED) is 0.256. The summed E-state index contributed by atoms with van der Waals surface area (Å²) in [6.45, 7) is 0.267. The smallest absolute Gasteiger partial charge is 0.387 e. The number of pyridine rings is 1. The van der Waals surface area contributed by atoms with Gasteiger partial charge < -0.3 is 20.1 Å². The van der Waals surface area contributed by atoms with Crippen molar-refractivity contribution in [1.82, 2.24) is 15.6 Å². The molecule has 0 fully saturated rings. The Morgan fingerprint density at radius 2 is 2.07 bits per heavy atom. The van der Waals surface area contributed by atoms with E-state index in [2.05, 4.69) is 25.3 Å². The van der Waals surface area contributed by atoms with Crippen LogP contribution in [-0.2, 0) is 6.54 Å². The lowest BCUT2D eigenvalue weighted by atomic mass is 10.1. The predicted octanol–water partition coefficient (Wildman–Crippen LogP) is 3.35. The first-order chi connectivity index (χ1) is 12.6. The van der Waals surface area contributed by atoms with E-state index in [1.807, 2.05) is 13.0 Å². The normalized spacial score (nSPS) is 10.9. The van der Waals surface area contributed by atoms with E-state index in [-0.39, 0.29) is 29.7 Å². The first-order valence-electron chi connectivity index (χ1n) is 8.10. The Morgan fingerprint density at radius 1 is 1.26 bits per heavy atom. The highest BCUT2D eigenvalue weighted by molar-refractivity contribution is 14.0. The van der Waals surface area contributed by atoms with E-state index < -0.39 is 6.61 Å². The number of nitrogens with zero attached hydrogens (tertiary/aromatic N) is 2. The van der Waals surface area contributed by atoms with Crippen molar-refractivity contribution in [1.29, 1.82) is 0 Å². The second-order valence-corrected chi connectivity index (χ2v) is 5.38. The zero-order valence-corrected chi connectivity index (χ0v) is 17.4. The number of aliphatic imine (C=N–C) groups is 1. The van der Waals surface area contributed by atoms with E-state index in [0.29, 0.717) is 37.0 Å². The number of nitrogens with one attached hydrogen (secondary N) is 2. The van der Waals surface area contributed by atoms with Crippen molar-refractivity contribution < 1.29 is 18.3 Å². The van der Waals surface area contributed by atoms with E-state index in [1.165, 1.54) is 6.07 Å². The molecule has 2 rings (SSSR count). The summed E-state index contributed by atoms with van der Waals surface area (Å²) < 4.78 is 35.1. The molecular weight excluding hydrogens is 469 g/mol. The number of halogens is 3. The second kappa shape index (κ2) is 12.3. The van der Waals surface area contributed by atoms with Gasteiger partial charge in [-0.15, -0.1) is 24.0 Å². The van der Waals surface area contributed by atoms with Gasteiger partial charge in [0.15, 0.2) is 5.96 Å². The SMILES string of the molecule is CN=C(NCCOc1cccnc1)NCc1cc(C)ccc1OC(F)F.I. The van der Waals surface area contributed by atoms with Gasteiger partial charge in [0.1, 0.15) is 18.1 Å². The zero-order valence-electron chi connectivity index (χ0n) is 15.1. The van der Waals surface area contributed by atoms with Crippen molar-refractivity contribution in [2.75, 3.05) is 20.2 Å². The maximum atomic E-state index is 12.5. The summed E-state index contributed by atoms with van der Waals surface area (Å²) in [5.41, 5.74) is 1.58. The van der Waals surface area contributed by atoms with Gasteiger partial charge in [-0.2, -0.15) is 8.78 Å². The molecule has 0 unspecified atom stereocenters. The maximum absolute atomic E-state index is 12.5. The number of rotatable bonds is 8. The highest BCUT2D eigenvalue weighted by Gasteiger charge is 2.10. The second-order valence-electron chi connectivity index (χ2n) is 5.38. The fraction of sp³-hybridized carbons (Fsp3) is 0.333. The molecule has 1 heterocycles. The first kappa shape index (κ1) is 22.9. The van der Waals surface area contributed by atoms with E-state index in [9.17, 15) is 8.78 Å². The summed E-state index contributed by atoms with van der Waals surface area (Å²) in [6, 6.07) is 8.68. The molecule has 0 saturated heterocycles. The Labute approximate surface area is 174 Å². The van der Waals surface area contributed by atoms with Crippen molar-refractivity contribution in [3.8, 4) is 11.5 Å². The van der Waals surface area contributed by atoms with Crippen LogP contribution in [0.25, 0.3) is 0 Å². The predicted molar refractivity (Wildman–Crippen MR) is 111 cm³/mol. The molecule has 148 valence electrons. The number of aryl methyl sites for hydroxylation is 1. The summed E-state index contributed by atoms with van der Waals surface area (Å²) in [4.78, 5) is 8.06. The highest BCUT2D eigenvalue weighted by Crippen LogP contribution is 2.21. The number of aromatic nitrogens is 1. The van der Waals surface area contributed by atoms with Crippen molar-refractivity contribution in [3.63, 3.8) is 0 Å². The van der Waals surface area contributed by atoms with Crippen LogP contribution in [0.5, 0.6) is 11.5 Å². The molecule has 0 saturated carbocycles. The number of benzene rings is 1. The highest BCUT2D eigenvalue weighted by atomic mass is 127. The van der Waals surface area contributed by atoms with E-state index in [1.54, 1.807) is 37.6 Å². The fourth-order valence-electron chi connectivity index (χ4n) is 2.23. The molecule has 2 aromatic rings. The Kier molecular flexibility index (Phi) is 10.4. The molecule has 0 spiro atoms. The van der Waals surface area contributed by atoms with Crippen LogP contribution in [0.15, 0.2) is 47.7 Å². The van der Waals surface area contributed by atoms with Crippen LogP contribution in [0, 0.1) is 6.92 Å². The van der Waals surface area contributed by atoms with Crippen LogP contribution in [0.4, 0.5) is 8.78 Å². The molecule has 1 aromatic carbocycles. The van der Waals surface area contributed by atoms with Gasteiger partial charge >= 0.3 is 6.61 Å². The standard InChI is InChI=1S/C18H22F2N4O2.HI/c1-13-5-6-16(26-17(19)20)14(10-13)11-24-18(21-2)23-8-9-25-15-4-3-7-22-12-15;/h3-7,10,12,17H,8-9,11H2,1-2H3,(H2,21,23,24);1H. The molecule has 9 heteroatoms. The molecule has 0 aliphatic carbocycles. The maximum Gasteiger partial charge on any atom is 0.387 e. The van der Waals surface area contributed by atoms with Crippen LogP contribution >= 0.6 is 24.0 Å². The number of hydrogen-bond donors (Lipinski definition) is 2. The van der Waals surface area contributed by atoms with Gasteiger partial charge in [0, 0.05) is 25.4 Å². The third kappa shape index (κ3) is 8.37. The van der Waals surface area contributed by atoms with E-state index >= 15 is 0 Å². The van der Waals surface area contributed by atoms with Crippen LogP contribution in [-0.4, -0.2) is 37.8 Å². The summed E-state index contributed by atoms with van der Waals surface area (Å²) >= 11 is 0. The van der Waals surface area contributed by atoms with Gasteiger partial charge in [0.05, 0.1) is 12.7 Å². The lowest BCUT2D eigenvalue weighted by Gasteiger charge is -2.15. The third-order valence-electron chi connectivity index (χ3n) is 3.40. The lowest BCUT2D eigenvalue weighted by molar-refractivity contribution is -0.0504. The molecule has 0 radical (unpaired) electrons. The minimum absolute atomic E-state index is 0. The Bertz CT molecular complexity index is 718. The monoisotopic (exact) mass is 492 g/mol. The molecule has 0 aliphatic rings. The summed E-state index contributed by atoms with van der Waals surface area (Å²) in [5, 5.41) is 6.16. The van der Waals surface area contributed by atoms with Gasteiger partial charge in [0.25, 0.3) is 0 Å². The third-order valence-corrected chi connectivity index (χ3v) is 3.40. The van der Waals surface area contributed by atoms with Crippen molar-refractivity contribution in [2.45, 2.75) is 20.1 Å². The van der Waals surface area contributed by atoms with Crippen LogP contribution < -0.4 is 20.1 Å². The van der Waals surface area contributed by atoms with Gasteiger partial charge in [0.2, 0.25) is 0 Å². The van der Waals surface area contributed by atoms with Crippen LogP contribution in [0.3, 0.4) is 0 Å². The molecular formula is C18H23F2IN4O2. The van der Waals surface area contributed by atoms with Gasteiger partial charge in [-0.25, -0.2) is 0 Å². The minimum Gasteiger partial charge on any atom is -0.490 e. The number of alkyl halides is 2. The summed E-state index contributed by atoms with van der Waals surface area (Å²) in [5.74, 6) is 1.36. The fourth-order valence-corrected chi connectivity index (χ4v) is 2.23. The van der Waals surface area contributed by atoms with Crippen molar-refractivity contribution in [3.05, 3.63) is 53.9 Å². The van der Waals surface area contributed by atoms with Crippen molar-refractivity contribution in [2.24, 2.45) is 4.99 Å². The van der Waals surface area contributed by atoms with Gasteiger partial charge in [-0.3, -0.25) is 9.98 Å². The molecule has 0 bridgehead atoms. The number of hydrogen-bond acceptors (Lipinski definition) is 4. The first-order valence-corrected chi connectivity index (χ1v) is 8.10. The molecule has 0 amide bonds. The lowest BCUT2D eigenvalue weighted by Crippen LogP contribution is -2.39. The van der Waals surface area contributed by atoms with E-state index in [4.69, 9.17) is 4.74 Å². The van der Waals surface area contributed by atoms with Gasteiger partial charge in [-0.1, -0.05) is 17.7 Å². The molecule has 0 aliphatic heterocycles. The van der Waals surface area contributed by atoms with Gasteiger partial charge in [-0.05, 0) is 25.1 Å². The van der Waals surface area contributed by atoms with Crippen molar-refractivity contribution >= 4 is 29.9 Å². The zero-order chi connectivity index (χ0) is 18.8. The van der Waals surface area contributed by atoms with Crippen LogP contribution in [0.2, 0.25) is 0 Å². The molecule has 2 N–H and O–H groups in total. The summed E-state index contributed by atoms with van der Waals surface area (Å²) in [7, 11) is 1.63. The molecule has 27 heavy (non-hydrogen) atoms. The van der Waals surface area contributed by atoms with E-state index in [0.717, 1.165) is 5.56 Å². The molecule has 0 atom stereocenters.